The standard InChI is InChI=1S/C41H50N6O8S/c1-6-26-21-41(26,39(52)45-56(53,54)28-18-19-28)44-36(49)32-20-27(23-46(32)38(51)34(40(2,3)4)43-35(48)25-13-7-8-14-25)47-37(50)33(55-5)31(22-42-47)30-17-11-15-24-12-9-10-16-29(24)30/h6,9-12,15-17,22,25-28,32,34H,1,7-8,13-14,18-21,23H2,2-5H3,(H,43,48)(H,44,49)(H,45,52)/t26-,27-,32+,34-,41-/m1/s1. The molecule has 2 heterocycles. The van der Waals surface area contributed by atoms with E-state index in [1.54, 1.807) is 6.20 Å². The molecule has 3 N–H and O–H groups in total. The highest BCUT2D eigenvalue weighted by Crippen LogP contribution is 2.46. The molecule has 3 aliphatic carbocycles. The lowest BCUT2D eigenvalue weighted by Gasteiger charge is -2.36. The summed E-state index contributed by atoms with van der Waals surface area (Å²) in [5.74, 6) is -3.04. The van der Waals surface area contributed by atoms with E-state index in [0.717, 1.165) is 42.0 Å². The van der Waals surface area contributed by atoms with Crippen LogP contribution in [0.3, 0.4) is 0 Å². The van der Waals surface area contributed by atoms with Gasteiger partial charge in [-0.25, -0.2) is 13.1 Å². The monoisotopic (exact) mass is 786 g/mol. The van der Waals surface area contributed by atoms with Gasteiger partial charge in [0.15, 0.2) is 5.75 Å². The van der Waals surface area contributed by atoms with Gasteiger partial charge in [0.25, 0.3) is 5.91 Å². The molecule has 0 spiro atoms. The molecule has 0 unspecified atom stereocenters. The van der Waals surface area contributed by atoms with E-state index in [-0.39, 0.29) is 37.0 Å². The van der Waals surface area contributed by atoms with E-state index in [2.05, 4.69) is 27.0 Å². The predicted molar refractivity (Wildman–Crippen MR) is 210 cm³/mol. The summed E-state index contributed by atoms with van der Waals surface area (Å²) in [6, 6.07) is 10.4. The third-order valence-electron chi connectivity index (χ3n) is 11.8. The molecule has 4 fully saturated rings. The molecule has 298 valence electrons. The van der Waals surface area contributed by atoms with Crippen molar-refractivity contribution in [2.24, 2.45) is 17.3 Å². The van der Waals surface area contributed by atoms with E-state index >= 15 is 0 Å². The zero-order chi connectivity index (χ0) is 40.2. The molecule has 56 heavy (non-hydrogen) atoms. The molecule has 2 aromatic carbocycles. The molecule has 0 bridgehead atoms. The second-order valence-corrected chi connectivity index (χ2v) is 18.7. The third-order valence-corrected chi connectivity index (χ3v) is 13.6. The van der Waals surface area contributed by atoms with E-state index in [9.17, 15) is 32.4 Å². The van der Waals surface area contributed by atoms with Gasteiger partial charge < -0.3 is 20.3 Å². The van der Waals surface area contributed by atoms with E-state index in [4.69, 9.17) is 4.74 Å². The SMILES string of the molecule is C=C[C@@H]1C[C@]1(NC(=O)[C@@H]1C[C@@H](n2ncc(-c3cccc4ccccc34)c(OC)c2=O)CN1C(=O)[C@@H](NC(=O)C1CCCC1)C(C)(C)C)C(=O)NS(=O)(=O)C1CC1. The number of benzene rings is 2. The van der Waals surface area contributed by atoms with Crippen LogP contribution in [0.2, 0.25) is 0 Å². The molecule has 1 aromatic heterocycles. The number of carbonyl (C=O) groups excluding carboxylic acids is 4. The van der Waals surface area contributed by atoms with Gasteiger partial charge in [0.2, 0.25) is 27.7 Å². The molecule has 5 atom stereocenters. The zero-order valence-electron chi connectivity index (χ0n) is 32.2. The molecule has 4 amide bonds. The average molecular weight is 787 g/mol. The number of ether oxygens (including phenoxy) is 1. The Labute approximate surface area is 326 Å². The predicted octanol–water partition coefficient (Wildman–Crippen LogP) is 3.60. The molecule has 7 rings (SSSR count). The van der Waals surface area contributed by atoms with E-state index < -0.39 is 73.6 Å². The fourth-order valence-corrected chi connectivity index (χ4v) is 9.69. The van der Waals surface area contributed by atoms with Crippen LogP contribution in [-0.2, 0) is 29.2 Å². The first-order chi connectivity index (χ1) is 26.6. The van der Waals surface area contributed by atoms with Crippen LogP contribution < -0.4 is 25.7 Å². The van der Waals surface area contributed by atoms with Gasteiger partial charge in [-0.05, 0) is 53.9 Å². The van der Waals surface area contributed by atoms with Crippen molar-refractivity contribution in [1.29, 1.82) is 0 Å². The maximum absolute atomic E-state index is 14.7. The number of rotatable bonds is 12. The molecule has 3 aromatic rings. The Morgan fingerprint density at radius 1 is 1.00 bits per heavy atom. The number of nitrogens with one attached hydrogen (secondary N) is 3. The molecule has 0 radical (unpaired) electrons. The van der Waals surface area contributed by atoms with Gasteiger partial charge in [-0.15, -0.1) is 6.58 Å². The summed E-state index contributed by atoms with van der Waals surface area (Å²) >= 11 is 0. The first-order valence-corrected chi connectivity index (χ1v) is 20.9. The number of methoxy groups -OCH3 is 1. The highest BCUT2D eigenvalue weighted by Gasteiger charge is 2.62. The van der Waals surface area contributed by atoms with Gasteiger partial charge in [0, 0.05) is 24.8 Å². The van der Waals surface area contributed by atoms with Crippen LogP contribution in [0.1, 0.15) is 78.2 Å². The van der Waals surface area contributed by atoms with Crippen molar-refractivity contribution in [3.63, 3.8) is 0 Å². The number of hydrogen-bond donors (Lipinski definition) is 3. The van der Waals surface area contributed by atoms with Crippen LogP contribution in [0.5, 0.6) is 5.75 Å². The number of sulfonamides is 1. The Morgan fingerprint density at radius 3 is 2.34 bits per heavy atom. The van der Waals surface area contributed by atoms with E-state index in [1.165, 1.54) is 22.8 Å². The second kappa shape index (κ2) is 14.8. The minimum Gasteiger partial charge on any atom is -0.491 e. The van der Waals surface area contributed by atoms with Crippen LogP contribution in [0.15, 0.2) is 66.1 Å². The fraction of sp³-hybridized carbons (Fsp3) is 0.512. The van der Waals surface area contributed by atoms with Gasteiger partial charge in [0.05, 0.1) is 30.2 Å². The lowest BCUT2D eigenvalue weighted by Crippen LogP contribution is -2.60. The van der Waals surface area contributed by atoms with Crippen molar-refractivity contribution >= 4 is 44.4 Å². The van der Waals surface area contributed by atoms with Gasteiger partial charge in [-0.3, -0.25) is 28.7 Å². The largest absolute Gasteiger partial charge is 0.491 e. The average Bonchev–Trinajstić information content (AvgIpc) is 4.03. The number of nitrogens with zero attached hydrogens (tertiary/aromatic N) is 3. The van der Waals surface area contributed by atoms with Crippen LogP contribution in [0.25, 0.3) is 21.9 Å². The van der Waals surface area contributed by atoms with Crippen LogP contribution in [0, 0.1) is 17.3 Å². The topological polar surface area (TPSA) is 186 Å². The highest BCUT2D eigenvalue weighted by atomic mass is 32.2. The summed E-state index contributed by atoms with van der Waals surface area (Å²) < 4.78 is 34.6. The van der Waals surface area contributed by atoms with Crippen molar-refractivity contribution in [1.82, 2.24) is 30.0 Å². The van der Waals surface area contributed by atoms with Crippen LogP contribution >= 0.6 is 0 Å². The smallest absolute Gasteiger partial charge is 0.310 e. The maximum atomic E-state index is 14.7. The molecule has 4 aliphatic rings. The van der Waals surface area contributed by atoms with Gasteiger partial charge >= 0.3 is 5.56 Å². The summed E-state index contributed by atoms with van der Waals surface area (Å²) in [6.45, 7) is 9.15. The van der Waals surface area contributed by atoms with Gasteiger partial charge in [-0.2, -0.15) is 5.10 Å². The Hall–Kier alpha value is -5.05. The Kier molecular flexibility index (Phi) is 10.4. The number of likely N-dealkylation sites (tertiary alicyclic amines) is 1. The summed E-state index contributed by atoms with van der Waals surface area (Å²) in [5, 5.41) is 11.6. The number of fused-ring (bicyclic) bond motifs is 1. The third kappa shape index (κ3) is 7.33. The van der Waals surface area contributed by atoms with Crippen molar-refractivity contribution in [3.8, 4) is 16.9 Å². The van der Waals surface area contributed by atoms with Crippen molar-refractivity contribution in [2.45, 2.75) is 101 Å². The van der Waals surface area contributed by atoms with E-state index in [0.29, 0.717) is 18.4 Å². The first kappa shape index (κ1) is 39.2. The van der Waals surface area contributed by atoms with Crippen LogP contribution in [-0.4, -0.2) is 83.3 Å². The molecular weight excluding hydrogens is 737 g/mol. The Balaban J connectivity index is 1.23. The summed E-state index contributed by atoms with van der Waals surface area (Å²) in [5.41, 5.74) is -1.70. The first-order valence-electron chi connectivity index (χ1n) is 19.3. The Bertz CT molecular complexity index is 2250. The highest BCUT2D eigenvalue weighted by molar-refractivity contribution is 7.91. The quantitative estimate of drug-likeness (QED) is 0.231. The van der Waals surface area contributed by atoms with Gasteiger partial charge in [-0.1, -0.05) is 82.2 Å². The molecule has 14 nitrogen and oxygen atoms in total. The summed E-state index contributed by atoms with van der Waals surface area (Å²) in [4.78, 5) is 71.8. The minimum atomic E-state index is -3.93. The number of amides is 4. The normalized spacial score (nSPS) is 24.4. The number of aromatic nitrogens is 2. The Morgan fingerprint density at radius 2 is 1.70 bits per heavy atom. The molecule has 1 saturated heterocycles. The summed E-state index contributed by atoms with van der Waals surface area (Å²) in [7, 11) is -2.53. The van der Waals surface area contributed by atoms with E-state index in [1.807, 2.05) is 63.2 Å². The van der Waals surface area contributed by atoms with Gasteiger partial charge in [0.1, 0.15) is 17.6 Å². The molecule has 15 heteroatoms. The maximum Gasteiger partial charge on any atom is 0.310 e. The summed E-state index contributed by atoms with van der Waals surface area (Å²) in [6.07, 6.45) is 7.28. The molecule has 1 aliphatic heterocycles. The zero-order valence-corrected chi connectivity index (χ0v) is 33.1. The molecule has 3 saturated carbocycles. The fourth-order valence-electron chi connectivity index (χ4n) is 8.32. The lowest BCUT2D eigenvalue weighted by molar-refractivity contribution is -0.145. The minimum absolute atomic E-state index is 0.0397. The molecular formula is C41H50N6O8S. The van der Waals surface area contributed by atoms with Crippen LogP contribution in [0.4, 0.5) is 0 Å². The van der Waals surface area contributed by atoms with Crippen molar-refractivity contribution in [3.05, 3.63) is 71.7 Å². The number of hydrogen-bond acceptors (Lipinski definition) is 9. The number of carbonyl (C=O) groups is 4. The van der Waals surface area contributed by atoms with Crippen molar-refractivity contribution in [2.75, 3.05) is 13.7 Å². The second-order valence-electron chi connectivity index (χ2n) is 16.7. The lowest BCUT2D eigenvalue weighted by atomic mass is 9.85. The van der Waals surface area contributed by atoms with Crippen molar-refractivity contribution < 1.29 is 32.3 Å².